The van der Waals surface area contributed by atoms with Crippen molar-refractivity contribution < 1.29 is 27.5 Å². The summed E-state index contributed by atoms with van der Waals surface area (Å²) in [6, 6.07) is 10.8. The molecule has 1 saturated heterocycles. The minimum absolute atomic E-state index is 0.0665. The van der Waals surface area contributed by atoms with Gasteiger partial charge in [-0.1, -0.05) is 35.9 Å². The van der Waals surface area contributed by atoms with Crippen molar-refractivity contribution in [1.29, 1.82) is 0 Å². The highest BCUT2D eigenvalue weighted by molar-refractivity contribution is 6.30. The summed E-state index contributed by atoms with van der Waals surface area (Å²) in [4.78, 5) is 27.0. The molecule has 1 aliphatic heterocycles. The second kappa shape index (κ2) is 12.0. The molecule has 2 aromatic carbocycles. The number of nitrogens with zero attached hydrogens (tertiary/aromatic N) is 3. The Morgan fingerprint density at radius 1 is 1.21 bits per heavy atom. The van der Waals surface area contributed by atoms with E-state index in [2.05, 4.69) is 20.7 Å². The van der Waals surface area contributed by atoms with Gasteiger partial charge in [0.05, 0.1) is 31.8 Å². The van der Waals surface area contributed by atoms with Crippen molar-refractivity contribution in [1.82, 2.24) is 25.6 Å². The van der Waals surface area contributed by atoms with Crippen molar-refractivity contribution in [2.45, 2.75) is 31.7 Å². The van der Waals surface area contributed by atoms with Gasteiger partial charge in [0.1, 0.15) is 5.82 Å². The molecule has 4 rings (SSSR count). The Labute approximate surface area is 222 Å². The summed E-state index contributed by atoms with van der Waals surface area (Å²) < 4.78 is 46.3. The van der Waals surface area contributed by atoms with Crippen LogP contribution in [0.25, 0.3) is 11.1 Å². The maximum absolute atomic E-state index is 14.3. The van der Waals surface area contributed by atoms with Crippen LogP contribution in [-0.2, 0) is 16.0 Å². The van der Waals surface area contributed by atoms with Gasteiger partial charge < -0.3 is 10.1 Å². The Bertz CT molecular complexity index is 1250. The first kappa shape index (κ1) is 27.6. The average molecular weight is 550 g/mol. The molecule has 2 N–H and O–H groups in total. The molecule has 202 valence electrons. The number of rotatable bonds is 11. The summed E-state index contributed by atoms with van der Waals surface area (Å²) in [7, 11) is 0. The fourth-order valence-electron chi connectivity index (χ4n) is 4.48. The van der Waals surface area contributed by atoms with Gasteiger partial charge in [-0.15, -0.1) is 0 Å². The molecule has 12 heteroatoms. The fraction of sp³-hybridized carbons (Fsp3) is 0.385. The Morgan fingerprint density at radius 2 is 1.95 bits per heavy atom. The molecule has 1 aromatic heterocycles. The van der Waals surface area contributed by atoms with Gasteiger partial charge in [0.15, 0.2) is 5.69 Å². The third kappa shape index (κ3) is 7.11. The molecule has 0 radical (unpaired) electrons. The van der Waals surface area contributed by atoms with Crippen molar-refractivity contribution in [3.8, 4) is 11.1 Å². The summed E-state index contributed by atoms with van der Waals surface area (Å²) in [5, 5.41) is 13.1. The topological polar surface area (TPSA) is 100 Å². The number of nitrogens with one attached hydrogen (secondary N) is 2. The van der Waals surface area contributed by atoms with Gasteiger partial charge in [-0.25, -0.2) is 13.2 Å². The van der Waals surface area contributed by atoms with Crippen LogP contribution < -0.4 is 5.32 Å². The van der Waals surface area contributed by atoms with E-state index < -0.39 is 48.7 Å². The predicted molar refractivity (Wildman–Crippen MR) is 134 cm³/mol. The predicted octanol–water partition coefficient (Wildman–Crippen LogP) is 4.13. The first-order valence-corrected chi connectivity index (χ1v) is 12.5. The molecular formula is C26H27ClF3N5O3. The minimum Gasteiger partial charge on any atom is -0.466 e. The summed E-state index contributed by atoms with van der Waals surface area (Å²) in [6.07, 6.45) is 1.73. The van der Waals surface area contributed by atoms with Gasteiger partial charge in [-0.05, 0) is 49.1 Å². The number of halogens is 4. The zero-order valence-electron chi connectivity index (χ0n) is 20.6. The van der Waals surface area contributed by atoms with Crippen LogP contribution in [0.2, 0.25) is 5.02 Å². The molecule has 0 saturated carbocycles. The number of hydrogen-bond donors (Lipinski definition) is 2. The molecule has 2 heterocycles. The lowest BCUT2D eigenvalue weighted by atomic mass is 9.92. The molecular weight excluding hydrogens is 523 g/mol. The van der Waals surface area contributed by atoms with E-state index in [9.17, 15) is 22.8 Å². The number of likely N-dealkylation sites (tertiary alicyclic amines) is 1. The molecule has 1 fully saturated rings. The zero-order chi connectivity index (χ0) is 27.3. The second-order valence-corrected chi connectivity index (χ2v) is 9.70. The highest BCUT2D eigenvalue weighted by Crippen LogP contribution is 2.29. The van der Waals surface area contributed by atoms with Gasteiger partial charge in [-0.2, -0.15) is 15.4 Å². The maximum Gasteiger partial charge on any atom is 0.310 e. The summed E-state index contributed by atoms with van der Waals surface area (Å²) >= 11 is 6.02. The smallest absolute Gasteiger partial charge is 0.310 e. The first-order valence-electron chi connectivity index (χ1n) is 12.1. The number of amides is 1. The van der Waals surface area contributed by atoms with E-state index in [1.807, 2.05) is 0 Å². The van der Waals surface area contributed by atoms with Crippen LogP contribution in [0.4, 0.5) is 13.2 Å². The molecule has 1 amide bonds. The highest BCUT2D eigenvalue weighted by Gasteiger charge is 2.45. The van der Waals surface area contributed by atoms with Crippen LogP contribution in [-0.4, -0.2) is 70.4 Å². The van der Waals surface area contributed by atoms with Crippen molar-refractivity contribution >= 4 is 23.5 Å². The van der Waals surface area contributed by atoms with Gasteiger partial charge in [0.25, 0.3) is 11.8 Å². The lowest BCUT2D eigenvalue weighted by molar-refractivity contribution is -0.158. The average Bonchev–Trinajstić information content (AvgIpc) is 3.40. The number of hydrogen-bond acceptors (Lipinski definition) is 6. The molecule has 0 bridgehead atoms. The molecule has 1 aliphatic rings. The summed E-state index contributed by atoms with van der Waals surface area (Å²) in [5.74, 6) is -4.94. The van der Waals surface area contributed by atoms with Gasteiger partial charge in [-0.3, -0.25) is 14.5 Å². The number of esters is 1. The monoisotopic (exact) mass is 549 g/mol. The number of aromatic amines is 1. The number of H-pyrrole nitrogens is 1. The van der Waals surface area contributed by atoms with Gasteiger partial charge >= 0.3 is 5.97 Å². The molecule has 3 aromatic rings. The SMILES string of the molecule is CCOC(=O)[C@@H](C[C@@H](Cc1ccc(-c2cc(Cl)ccc2F)cc1)NC(=O)c1cn[nH]n1)CN1CC(F)(F)C1. The van der Waals surface area contributed by atoms with Crippen LogP contribution in [0.15, 0.2) is 48.7 Å². The lowest BCUT2D eigenvalue weighted by Gasteiger charge is -2.40. The second-order valence-electron chi connectivity index (χ2n) is 9.26. The maximum atomic E-state index is 14.3. The third-order valence-corrected chi connectivity index (χ3v) is 6.47. The number of benzene rings is 2. The molecule has 2 atom stereocenters. The Kier molecular flexibility index (Phi) is 8.68. The van der Waals surface area contributed by atoms with Crippen LogP contribution in [0.1, 0.15) is 29.4 Å². The van der Waals surface area contributed by atoms with E-state index in [0.29, 0.717) is 22.6 Å². The highest BCUT2D eigenvalue weighted by atomic mass is 35.5. The van der Waals surface area contributed by atoms with E-state index in [1.54, 1.807) is 31.2 Å². The third-order valence-electron chi connectivity index (χ3n) is 6.24. The van der Waals surface area contributed by atoms with E-state index in [0.717, 1.165) is 5.56 Å². The quantitative estimate of drug-likeness (QED) is 0.349. The van der Waals surface area contributed by atoms with Crippen LogP contribution in [0, 0.1) is 11.7 Å². The van der Waals surface area contributed by atoms with E-state index in [4.69, 9.17) is 16.3 Å². The van der Waals surface area contributed by atoms with Crippen LogP contribution in [0.3, 0.4) is 0 Å². The van der Waals surface area contributed by atoms with Crippen LogP contribution >= 0.6 is 11.6 Å². The zero-order valence-corrected chi connectivity index (χ0v) is 21.4. The van der Waals surface area contributed by atoms with Crippen molar-refractivity contribution in [3.63, 3.8) is 0 Å². The lowest BCUT2D eigenvalue weighted by Crippen LogP contribution is -2.58. The Hall–Kier alpha value is -3.44. The molecule has 0 unspecified atom stereocenters. The minimum atomic E-state index is -2.77. The van der Waals surface area contributed by atoms with Gasteiger partial charge in [0, 0.05) is 23.2 Å². The largest absolute Gasteiger partial charge is 0.466 e. The van der Waals surface area contributed by atoms with E-state index >= 15 is 0 Å². The van der Waals surface area contributed by atoms with E-state index in [1.165, 1.54) is 29.3 Å². The van der Waals surface area contributed by atoms with Gasteiger partial charge in [0.2, 0.25) is 0 Å². The number of ether oxygens (including phenoxy) is 1. The number of aromatic nitrogens is 3. The Morgan fingerprint density at radius 3 is 2.58 bits per heavy atom. The summed E-state index contributed by atoms with van der Waals surface area (Å²) in [6.45, 7) is 1.03. The number of alkyl halides is 2. The van der Waals surface area contributed by atoms with E-state index in [-0.39, 0.29) is 25.3 Å². The number of carbonyl (C=O) groups excluding carboxylic acids is 2. The molecule has 0 aliphatic carbocycles. The molecule has 8 nitrogen and oxygen atoms in total. The molecule has 38 heavy (non-hydrogen) atoms. The molecule has 0 spiro atoms. The van der Waals surface area contributed by atoms with Crippen molar-refractivity contribution in [3.05, 3.63) is 70.8 Å². The fourth-order valence-corrected chi connectivity index (χ4v) is 4.66. The van der Waals surface area contributed by atoms with Crippen molar-refractivity contribution in [2.75, 3.05) is 26.2 Å². The summed E-state index contributed by atoms with van der Waals surface area (Å²) in [5.41, 5.74) is 1.85. The van der Waals surface area contributed by atoms with Crippen molar-refractivity contribution in [2.24, 2.45) is 5.92 Å². The van der Waals surface area contributed by atoms with Crippen LogP contribution in [0.5, 0.6) is 0 Å². The number of carbonyl (C=O) groups is 2. The standard InChI is InChI=1S/C26H27ClF3N5O3/c1-2-38-25(37)18(13-35-14-26(29,30)15-35)10-20(32-24(36)23-12-31-34-33-23)9-16-3-5-17(6-4-16)21-11-19(27)7-8-22(21)28/h3-8,11-12,18,20H,2,9-10,13-15H2,1H3,(H,32,36)(H,31,33,34)/t18-,20+/m0/s1. The Balaban J connectivity index is 1.53. The first-order chi connectivity index (χ1) is 18.1. The normalized spacial score (nSPS) is 16.3.